The second-order valence-corrected chi connectivity index (χ2v) is 10.4. The molecule has 1 saturated carbocycles. The molecule has 0 radical (unpaired) electrons. The molecule has 1 saturated heterocycles. The summed E-state index contributed by atoms with van der Waals surface area (Å²) >= 11 is 13.2. The second kappa shape index (κ2) is 3.93. The summed E-state index contributed by atoms with van der Waals surface area (Å²) in [5, 5.41) is 0.242. The molecule has 4 bridgehead atoms. The van der Waals surface area contributed by atoms with Gasteiger partial charge in [-0.1, -0.05) is 30.4 Å². The zero-order valence-electron chi connectivity index (χ0n) is 11.0. The largest absolute Gasteiger partial charge is 0.324 e. The van der Waals surface area contributed by atoms with E-state index in [1.54, 1.807) is 0 Å². The molecule has 4 rings (SSSR count). The number of hydrogen-bond donors (Lipinski definition) is 0. The van der Waals surface area contributed by atoms with E-state index in [0.717, 1.165) is 5.30 Å². The lowest BCUT2D eigenvalue weighted by atomic mass is 9.91. The van der Waals surface area contributed by atoms with Gasteiger partial charge in [0.2, 0.25) is 7.37 Å². The van der Waals surface area contributed by atoms with Crippen LogP contribution in [0.1, 0.15) is 6.92 Å². The van der Waals surface area contributed by atoms with Crippen molar-refractivity contribution in [3.05, 3.63) is 42.5 Å². The maximum atomic E-state index is 13.7. The van der Waals surface area contributed by atoms with Crippen molar-refractivity contribution in [3.63, 3.8) is 0 Å². The van der Waals surface area contributed by atoms with Gasteiger partial charge in [-0.05, 0) is 19.1 Å². The number of rotatable bonds is 1. The van der Waals surface area contributed by atoms with Gasteiger partial charge in [0.15, 0.2) is 0 Å². The average molecular weight is 329 g/mol. The first-order chi connectivity index (χ1) is 9.42. The summed E-state index contributed by atoms with van der Waals surface area (Å²) in [5.74, 6) is 0.0285. The van der Waals surface area contributed by atoms with Crippen LogP contribution >= 0.6 is 30.6 Å². The van der Waals surface area contributed by atoms with Gasteiger partial charge in [-0.2, -0.15) is 0 Å². The molecule has 2 fully saturated rings. The van der Waals surface area contributed by atoms with Crippen molar-refractivity contribution < 1.29 is 9.09 Å². The SMILES string of the molecule is CC12C3C=CC1C(Cl)(Cl)C3COP2(=O)c1ccccc1. The Labute approximate surface area is 128 Å². The van der Waals surface area contributed by atoms with Gasteiger partial charge in [-0.25, -0.2) is 0 Å². The van der Waals surface area contributed by atoms with Crippen molar-refractivity contribution in [2.75, 3.05) is 6.61 Å². The third-order valence-corrected chi connectivity index (χ3v) is 9.69. The van der Waals surface area contributed by atoms with E-state index in [1.807, 2.05) is 43.3 Å². The summed E-state index contributed by atoms with van der Waals surface area (Å²) < 4.78 is 18.7. The van der Waals surface area contributed by atoms with Gasteiger partial charge in [0.05, 0.1) is 11.8 Å². The highest BCUT2D eigenvalue weighted by Crippen LogP contribution is 2.79. The minimum Gasteiger partial charge on any atom is -0.324 e. The van der Waals surface area contributed by atoms with Crippen LogP contribution in [0, 0.1) is 17.8 Å². The molecule has 1 heterocycles. The van der Waals surface area contributed by atoms with Gasteiger partial charge in [0.1, 0.15) is 4.33 Å². The summed E-state index contributed by atoms with van der Waals surface area (Å²) in [4.78, 5) is 0. The van der Waals surface area contributed by atoms with E-state index in [9.17, 15) is 4.57 Å². The Balaban J connectivity index is 1.93. The number of alkyl halides is 2. The van der Waals surface area contributed by atoms with Crippen molar-refractivity contribution in [1.29, 1.82) is 0 Å². The maximum absolute atomic E-state index is 13.7. The summed E-state index contributed by atoms with van der Waals surface area (Å²) in [5.41, 5.74) is 0. The van der Waals surface area contributed by atoms with Crippen molar-refractivity contribution in [2.24, 2.45) is 17.8 Å². The fourth-order valence-electron chi connectivity index (χ4n) is 4.25. The first kappa shape index (κ1) is 13.4. The van der Waals surface area contributed by atoms with Crippen LogP contribution < -0.4 is 5.30 Å². The van der Waals surface area contributed by atoms with Crippen LogP contribution in [0.2, 0.25) is 0 Å². The van der Waals surface area contributed by atoms with Crippen LogP contribution in [0.5, 0.6) is 0 Å². The van der Waals surface area contributed by atoms with Gasteiger partial charge in [0.25, 0.3) is 0 Å². The molecule has 106 valence electrons. The summed E-state index contributed by atoms with van der Waals surface area (Å²) in [6.45, 7) is 2.38. The first-order valence-corrected chi connectivity index (χ1v) is 9.17. The molecule has 0 aromatic heterocycles. The third kappa shape index (κ3) is 1.30. The Morgan fingerprint density at radius 3 is 2.65 bits per heavy atom. The number of hydrogen-bond acceptors (Lipinski definition) is 2. The van der Waals surface area contributed by atoms with Crippen LogP contribution in [-0.2, 0) is 9.09 Å². The van der Waals surface area contributed by atoms with Gasteiger partial charge < -0.3 is 4.52 Å². The molecule has 0 amide bonds. The standard InChI is InChI=1S/C15H15Cl2O2P/c1-14-11-7-8-13(14)15(16,17)12(11)9-19-20(14,18)10-5-3-2-4-6-10/h2-8,11-13H,9H2,1H3. The maximum Gasteiger partial charge on any atom is 0.239 e. The van der Waals surface area contributed by atoms with Crippen LogP contribution in [0.15, 0.2) is 42.5 Å². The quantitative estimate of drug-likeness (QED) is 0.442. The van der Waals surface area contributed by atoms with E-state index in [4.69, 9.17) is 27.7 Å². The van der Waals surface area contributed by atoms with Crippen LogP contribution in [0.4, 0.5) is 0 Å². The Morgan fingerprint density at radius 1 is 1.25 bits per heavy atom. The van der Waals surface area contributed by atoms with E-state index in [1.165, 1.54) is 0 Å². The fourth-order valence-corrected chi connectivity index (χ4v) is 8.63. The first-order valence-electron chi connectivity index (χ1n) is 6.79. The van der Waals surface area contributed by atoms with E-state index in [-0.39, 0.29) is 17.8 Å². The monoisotopic (exact) mass is 328 g/mol. The molecule has 1 aromatic rings. The Kier molecular flexibility index (Phi) is 2.63. The number of allylic oxidation sites excluding steroid dienone is 2. The zero-order valence-corrected chi connectivity index (χ0v) is 13.4. The number of benzene rings is 1. The highest BCUT2D eigenvalue weighted by atomic mass is 35.5. The van der Waals surface area contributed by atoms with Gasteiger partial charge >= 0.3 is 0 Å². The second-order valence-electron chi connectivity index (χ2n) is 6.08. The normalized spacial score (nSPS) is 47.6. The Bertz CT molecular complexity index is 643. The minimum absolute atomic E-state index is 0.0246. The summed E-state index contributed by atoms with van der Waals surface area (Å²) in [6, 6.07) is 9.47. The van der Waals surface area contributed by atoms with E-state index in [2.05, 4.69) is 6.08 Å². The lowest BCUT2D eigenvalue weighted by Gasteiger charge is -2.42. The molecular weight excluding hydrogens is 314 g/mol. The van der Waals surface area contributed by atoms with Gasteiger partial charge in [0, 0.05) is 23.1 Å². The average Bonchev–Trinajstić information content (AvgIpc) is 2.84. The molecule has 0 N–H and O–H groups in total. The molecule has 1 aliphatic heterocycles. The lowest BCUT2D eigenvalue weighted by Crippen LogP contribution is -2.41. The van der Waals surface area contributed by atoms with Crippen molar-refractivity contribution >= 4 is 35.9 Å². The van der Waals surface area contributed by atoms with Gasteiger partial charge in [-0.15, -0.1) is 23.2 Å². The zero-order chi connectivity index (χ0) is 14.2. The molecule has 5 heteroatoms. The molecular formula is C15H15Cl2O2P. The summed E-state index contributed by atoms with van der Waals surface area (Å²) in [6.07, 6.45) is 4.17. The molecule has 5 atom stereocenters. The van der Waals surface area contributed by atoms with Gasteiger partial charge in [-0.3, -0.25) is 4.57 Å². The van der Waals surface area contributed by atoms with E-state index < -0.39 is 16.9 Å². The molecule has 5 unspecified atom stereocenters. The van der Waals surface area contributed by atoms with Crippen molar-refractivity contribution in [3.8, 4) is 0 Å². The highest BCUT2D eigenvalue weighted by molar-refractivity contribution is 7.68. The molecule has 0 spiro atoms. The molecule has 2 aliphatic carbocycles. The Hall–Kier alpha value is -0.270. The van der Waals surface area contributed by atoms with E-state index in [0.29, 0.717) is 6.61 Å². The topological polar surface area (TPSA) is 26.3 Å². The predicted molar refractivity (Wildman–Crippen MR) is 82.1 cm³/mol. The third-order valence-electron chi connectivity index (χ3n) is 5.32. The van der Waals surface area contributed by atoms with Crippen LogP contribution in [0.3, 0.4) is 0 Å². The van der Waals surface area contributed by atoms with Crippen LogP contribution in [0.25, 0.3) is 0 Å². The molecule has 2 nitrogen and oxygen atoms in total. The smallest absolute Gasteiger partial charge is 0.239 e. The predicted octanol–water partition coefficient (Wildman–Crippen LogP) is 3.98. The summed E-state index contributed by atoms with van der Waals surface area (Å²) in [7, 11) is -3.01. The fraction of sp³-hybridized carbons (Fsp3) is 0.467. The number of halogens is 2. The van der Waals surface area contributed by atoms with Crippen LogP contribution in [-0.4, -0.2) is 16.1 Å². The Morgan fingerprint density at radius 2 is 1.95 bits per heavy atom. The molecule has 20 heavy (non-hydrogen) atoms. The highest BCUT2D eigenvalue weighted by Gasteiger charge is 2.75. The van der Waals surface area contributed by atoms with E-state index >= 15 is 0 Å². The molecule has 3 aliphatic rings. The molecule has 1 aromatic carbocycles. The minimum atomic E-state index is -3.01. The van der Waals surface area contributed by atoms with Crippen molar-refractivity contribution in [1.82, 2.24) is 0 Å². The lowest BCUT2D eigenvalue weighted by molar-refractivity contribution is 0.187. The van der Waals surface area contributed by atoms with Crippen molar-refractivity contribution in [2.45, 2.75) is 16.4 Å².